The van der Waals surface area contributed by atoms with Gasteiger partial charge in [-0.3, -0.25) is 14.4 Å². The van der Waals surface area contributed by atoms with Gasteiger partial charge in [-0.15, -0.1) is 6.58 Å². The molecule has 2 amide bonds. The first-order chi connectivity index (χ1) is 8.15. The molecular formula is C10H13NO6. The van der Waals surface area contributed by atoms with Crippen LogP contribution in [0.3, 0.4) is 0 Å². The molecule has 94 valence electrons. The molecule has 7 heteroatoms. The van der Waals surface area contributed by atoms with Gasteiger partial charge in [0.25, 0.3) is 11.8 Å². The standard InChI is InChI=1S/C10H13NO6/c1-2-5-15-6-7-16-10(14)17-11-8(12)3-4-9(11)13/h2H,1,3-7H2. The summed E-state index contributed by atoms with van der Waals surface area (Å²) in [7, 11) is 0. The molecule has 1 fully saturated rings. The van der Waals surface area contributed by atoms with E-state index in [4.69, 9.17) is 4.74 Å². The van der Waals surface area contributed by atoms with E-state index >= 15 is 0 Å². The monoisotopic (exact) mass is 243 g/mol. The Morgan fingerprint density at radius 2 is 1.94 bits per heavy atom. The molecule has 1 aliphatic rings. The summed E-state index contributed by atoms with van der Waals surface area (Å²) in [5, 5.41) is 0.424. The van der Waals surface area contributed by atoms with E-state index in [1.165, 1.54) is 0 Å². The Bertz CT molecular complexity index is 311. The number of hydrogen-bond donors (Lipinski definition) is 0. The second kappa shape index (κ2) is 6.64. The molecular weight excluding hydrogens is 230 g/mol. The summed E-state index contributed by atoms with van der Waals surface area (Å²) < 4.78 is 9.53. The summed E-state index contributed by atoms with van der Waals surface area (Å²) >= 11 is 0. The number of amides is 2. The molecule has 0 atom stereocenters. The Morgan fingerprint density at radius 3 is 2.53 bits per heavy atom. The van der Waals surface area contributed by atoms with Gasteiger partial charge in [0.1, 0.15) is 6.61 Å². The maximum atomic E-state index is 11.1. The zero-order valence-corrected chi connectivity index (χ0v) is 9.22. The fourth-order valence-electron chi connectivity index (χ4n) is 1.11. The summed E-state index contributed by atoms with van der Waals surface area (Å²) in [5.74, 6) is -1.09. The minimum Gasteiger partial charge on any atom is -0.430 e. The summed E-state index contributed by atoms with van der Waals surface area (Å²) in [6, 6.07) is 0. The summed E-state index contributed by atoms with van der Waals surface area (Å²) in [4.78, 5) is 37.6. The highest BCUT2D eigenvalue weighted by Gasteiger charge is 2.33. The van der Waals surface area contributed by atoms with Gasteiger partial charge in [0.05, 0.1) is 13.2 Å². The summed E-state index contributed by atoms with van der Waals surface area (Å²) in [6.07, 6.45) is 0.555. The average Bonchev–Trinajstić information content (AvgIpc) is 2.60. The topological polar surface area (TPSA) is 82.1 Å². The molecule has 0 aromatic heterocycles. The average molecular weight is 243 g/mol. The predicted molar refractivity (Wildman–Crippen MR) is 54.5 cm³/mol. The molecule has 0 aromatic carbocycles. The first-order valence-corrected chi connectivity index (χ1v) is 5.04. The van der Waals surface area contributed by atoms with Crippen LogP contribution in [0.2, 0.25) is 0 Å². The molecule has 1 rings (SSSR count). The molecule has 1 aliphatic heterocycles. The largest absolute Gasteiger partial charge is 0.534 e. The second-order valence-electron chi connectivity index (χ2n) is 3.14. The molecule has 0 bridgehead atoms. The van der Waals surface area contributed by atoms with E-state index in [1.807, 2.05) is 0 Å². The van der Waals surface area contributed by atoms with E-state index in [0.29, 0.717) is 11.7 Å². The van der Waals surface area contributed by atoms with E-state index in [9.17, 15) is 14.4 Å². The van der Waals surface area contributed by atoms with Gasteiger partial charge in [-0.25, -0.2) is 4.79 Å². The van der Waals surface area contributed by atoms with Crippen LogP contribution in [0.5, 0.6) is 0 Å². The minimum absolute atomic E-state index is 0.0249. The zero-order valence-electron chi connectivity index (χ0n) is 9.22. The Hall–Kier alpha value is -1.89. The number of rotatable bonds is 6. The van der Waals surface area contributed by atoms with E-state index in [0.717, 1.165) is 0 Å². The van der Waals surface area contributed by atoms with Gasteiger partial charge in [-0.2, -0.15) is 0 Å². The van der Waals surface area contributed by atoms with Gasteiger partial charge in [0.15, 0.2) is 0 Å². The van der Waals surface area contributed by atoms with Crippen molar-refractivity contribution in [3.63, 3.8) is 0 Å². The van der Waals surface area contributed by atoms with Crippen LogP contribution < -0.4 is 0 Å². The van der Waals surface area contributed by atoms with Gasteiger partial charge in [0.2, 0.25) is 0 Å². The van der Waals surface area contributed by atoms with Gasteiger partial charge in [0, 0.05) is 12.8 Å². The third-order valence-electron chi connectivity index (χ3n) is 1.85. The maximum Gasteiger partial charge on any atom is 0.534 e. The quantitative estimate of drug-likeness (QED) is 0.291. The van der Waals surface area contributed by atoms with Crippen molar-refractivity contribution in [1.29, 1.82) is 0 Å². The molecule has 0 N–H and O–H groups in total. The fraction of sp³-hybridized carbons (Fsp3) is 0.500. The number of nitrogens with zero attached hydrogens (tertiary/aromatic N) is 1. The maximum absolute atomic E-state index is 11.1. The lowest BCUT2D eigenvalue weighted by molar-refractivity contribution is -0.177. The van der Waals surface area contributed by atoms with Crippen molar-refractivity contribution < 1.29 is 28.7 Å². The van der Waals surface area contributed by atoms with Gasteiger partial charge >= 0.3 is 6.16 Å². The molecule has 0 spiro atoms. The van der Waals surface area contributed by atoms with Gasteiger partial charge in [-0.1, -0.05) is 11.1 Å². The van der Waals surface area contributed by atoms with Crippen molar-refractivity contribution in [2.24, 2.45) is 0 Å². The Kier molecular flexibility index (Phi) is 5.15. The normalized spacial score (nSPS) is 14.9. The number of carbonyl (C=O) groups excluding carboxylic acids is 3. The van der Waals surface area contributed by atoms with E-state index in [-0.39, 0.29) is 26.1 Å². The van der Waals surface area contributed by atoms with Crippen molar-refractivity contribution in [2.45, 2.75) is 12.8 Å². The van der Waals surface area contributed by atoms with E-state index < -0.39 is 18.0 Å². The van der Waals surface area contributed by atoms with Crippen LogP contribution in [-0.4, -0.2) is 42.9 Å². The van der Waals surface area contributed by atoms with E-state index in [1.54, 1.807) is 6.08 Å². The molecule has 0 unspecified atom stereocenters. The van der Waals surface area contributed by atoms with Crippen molar-refractivity contribution in [1.82, 2.24) is 5.06 Å². The van der Waals surface area contributed by atoms with Gasteiger partial charge < -0.3 is 9.47 Å². The Morgan fingerprint density at radius 1 is 1.29 bits per heavy atom. The zero-order chi connectivity index (χ0) is 12.7. The number of hydrogen-bond acceptors (Lipinski definition) is 6. The SMILES string of the molecule is C=CCOCCOC(=O)ON1C(=O)CCC1=O. The first-order valence-electron chi connectivity index (χ1n) is 5.04. The van der Waals surface area contributed by atoms with E-state index in [2.05, 4.69) is 16.2 Å². The lowest BCUT2D eigenvalue weighted by atomic mass is 10.4. The molecule has 0 aliphatic carbocycles. The van der Waals surface area contributed by atoms with Crippen LogP contribution in [0.15, 0.2) is 12.7 Å². The molecule has 0 aromatic rings. The van der Waals surface area contributed by atoms with Crippen LogP contribution >= 0.6 is 0 Å². The molecule has 17 heavy (non-hydrogen) atoms. The van der Waals surface area contributed by atoms with Crippen LogP contribution in [0.25, 0.3) is 0 Å². The molecule has 0 saturated carbocycles. The second-order valence-corrected chi connectivity index (χ2v) is 3.14. The highest BCUT2D eigenvalue weighted by atomic mass is 16.8. The smallest absolute Gasteiger partial charge is 0.430 e. The molecule has 1 heterocycles. The van der Waals surface area contributed by atoms with Crippen molar-refractivity contribution >= 4 is 18.0 Å². The van der Waals surface area contributed by atoms with Crippen LogP contribution in [0.1, 0.15) is 12.8 Å². The van der Waals surface area contributed by atoms with Crippen molar-refractivity contribution in [3.8, 4) is 0 Å². The van der Waals surface area contributed by atoms with Crippen molar-refractivity contribution in [3.05, 3.63) is 12.7 Å². The van der Waals surface area contributed by atoms with Crippen molar-refractivity contribution in [2.75, 3.05) is 19.8 Å². The number of imide groups is 1. The molecule has 7 nitrogen and oxygen atoms in total. The minimum atomic E-state index is -1.10. The molecule has 0 radical (unpaired) electrons. The summed E-state index contributed by atoms with van der Waals surface area (Å²) in [5.41, 5.74) is 0. The lowest BCUT2D eigenvalue weighted by Crippen LogP contribution is -2.32. The molecule has 1 saturated heterocycles. The highest BCUT2D eigenvalue weighted by Crippen LogP contribution is 2.12. The van der Waals surface area contributed by atoms with Crippen LogP contribution in [-0.2, 0) is 23.9 Å². The highest BCUT2D eigenvalue weighted by molar-refractivity contribution is 6.01. The van der Waals surface area contributed by atoms with Crippen LogP contribution in [0, 0.1) is 0 Å². The third kappa shape index (κ3) is 4.23. The fourth-order valence-corrected chi connectivity index (χ4v) is 1.11. The summed E-state index contributed by atoms with van der Waals surface area (Å²) in [6.45, 7) is 3.95. The number of hydroxylamine groups is 2. The first kappa shape index (κ1) is 13.2. The predicted octanol–water partition coefficient (Wildman–Crippen LogP) is 0.406. The number of ether oxygens (including phenoxy) is 2. The number of carbonyl (C=O) groups is 3. The Balaban J connectivity index is 2.18. The van der Waals surface area contributed by atoms with Crippen LogP contribution in [0.4, 0.5) is 4.79 Å². The van der Waals surface area contributed by atoms with Gasteiger partial charge in [-0.05, 0) is 0 Å². The third-order valence-corrected chi connectivity index (χ3v) is 1.85. The Labute approximate surface area is 97.9 Å². The lowest BCUT2D eigenvalue weighted by Gasteiger charge is -2.12.